The van der Waals surface area contributed by atoms with Gasteiger partial charge in [-0.05, 0) is 13.8 Å². The van der Waals surface area contributed by atoms with Crippen LogP contribution in [0.2, 0.25) is 0 Å². The first-order valence-corrected chi connectivity index (χ1v) is 4.47. The lowest BCUT2D eigenvalue weighted by Gasteiger charge is -2.25. The van der Waals surface area contributed by atoms with Gasteiger partial charge in [0.25, 0.3) is 0 Å². The Bertz CT molecular complexity index is 194. The predicted molar refractivity (Wildman–Crippen MR) is 52.0 cm³/mol. The van der Waals surface area contributed by atoms with Gasteiger partial charge in [-0.2, -0.15) is 0 Å². The molecule has 0 aliphatic heterocycles. The highest BCUT2D eigenvalue weighted by atomic mass is 16.3. The molecule has 0 saturated carbocycles. The molecule has 1 N–H and O–H groups in total. The van der Waals surface area contributed by atoms with Crippen LogP contribution in [0.1, 0.15) is 26.7 Å². The molecule has 3 heteroatoms. The highest BCUT2D eigenvalue weighted by Crippen LogP contribution is 2.02. The first kappa shape index (κ1) is 12.0. The van der Waals surface area contributed by atoms with Crippen molar-refractivity contribution >= 4 is 5.91 Å². The predicted octanol–water partition coefficient (Wildman–Crippen LogP) is 0.629. The molecule has 0 radical (unpaired) electrons. The van der Waals surface area contributed by atoms with E-state index in [1.807, 2.05) is 13.8 Å². The van der Waals surface area contributed by atoms with Gasteiger partial charge in [0.2, 0.25) is 5.91 Å². The third kappa shape index (κ3) is 4.54. The molecule has 0 bridgehead atoms. The summed E-state index contributed by atoms with van der Waals surface area (Å²) in [6.07, 6.45) is 5.89. The summed E-state index contributed by atoms with van der Waals surface area (Å²) < 4.78 is 0. The van der Waals surface area contributed by atoms with Gasteiger partial charge in [-0.15, -0.1) is 12.3 Å². The molecule has 74 valence electrons. The van der Waals surface area contributed by atoms with Crippen LogP contribution in [0.4, 0.5) is 0 Å². The van der Waals surface area contributed by atoms with Crippen LogP contribution in [0.25, 0.3) is 0 Å². The van der Waals surface area contributed by atoms with Crippen molar-refractivity contribution in [2.24, 2.45) is 0 Å². The maximum absolute atomic E-state index is 11.5. The number of carbonyl (C=O) groups excluding carboxylic acids is 1. The summed E-state index contributed by atoms with van der Waals surface area (Å²) in [6.45, 7) is 4.23. The molecule has 0 spiro atoms. The summed E-state index contributed by atoms with van der Waals surface area (Å²) >= 11 is 0. The van der Waals surface area contributed by atoms with E-state index in [0.717, 1.165) is 0 Å². The lowest BCUT2D eigenvalue weighted by molar-refractivity contribution is -0.133. The minimum absolute atomic E-state index is 0.0000262. The second-order valence-electron chi connectivity index (χ2n) is 3.11. The number of aliphatic hydroxyl groups excluding tert-OH is 1. The number of carbonyl (C=O) groups is 1. The van der Waals surface area contributed by atoms with Crippen LogP contribution in [-0.4, -0.2) is 35.1 Å². The molecule has 0 aromatic rings. The van der Waals surface area contributed by atoms with Gasteiger partial charge in [-0.25, -0.2) is 0 Å². The molecule has 0 atom stereocenters. The van der Waals surface area contributed by atoms with Crippen LogP contribution in [0.3, 0.4) is 0 Å². The van der Waals surface area contributed by atoms with Crippen molar-refractivity contribution < 1.29 is 9.90 Å². The molecule has 0 unspecified atom stereocenters. The fourth-order valence-electron chi connectivity index (χ4n) is 1.10. The molecule has 0 aromatic heterocycles. The Hall–Kier alpha value is -1.01. The highest BCUT2D eigenvalue weighted by molar-refractivity contribution is 5.76. The van der Waals surface area contributed by atoms with Gasteiger partial charge in [0.05, 0.1) is 6.61 Å². The normalized spacial score (nSPS) is 9.77. The number of hydrogen-bond donors (Lipinski definition) is 1. The zero-order chi connectivity index (χ0) is 10.3. The summed E-state index contributed by atoms with van der Waals surface area (Å²) in [5, 5.41) is 8.73. The molecule has 0 aromatic carbocycles. The average molecular weight is 183 g/mol. The number of nitrogens with zero attached hydrogens (tertiary/aromatic N) is 1. The van der Waals surface area contributed by atoms with E-state index in [1.54, 1.807) is 4.90 Å². The number of hydrogen-bond acceptors (Lipinski definition) is 2. The number of aliphatic hydroxyl groups is 1. The lowest BCUT2D eigenvalue weighted by atomic mass is 10.2. The number of terminal acetylenes is 1. The molecule has 0 heterocycles. The minimum atomic E-state index is -0.0000262. The quantitative estimate of drug-likeness (QED) is 0.635. The Morgan fingerprint density at radius 1 is 1.62 bits per heavy atom. The van der Waals surface area contributed by atoms with Crippen LogP contribution in [0.5, 0.6) is 0 Å². The molecule has 0 aliphatic carbocycles. The van der Waals surface area contributed by atoms with Crippen LogP contribution in [-0.2, 0) is 4.79 Å². The van der Waals surface area contributed by atoms with Crippen molar-refractivity contribution in [3.05, 3.63) is 0 Å². The Morgan fingerprint density at radius 3 is 2.62 bits per heavy atom. The Balaban J connectivity index is 4.05. The van der Waals surface area contributed by atoms with E-state index in [1.165, 1.54) is 0 Å². The second-order valence-corrected chi connectivity index (χ2v) is 3.11. The largest absolute Gasteiger partial charge is 0.395 e. The van der Waals surface area contributed by atoms with Crippen LogP contribution in [0, 0.1) is 12.3 Å². The van der Waals surface area contributed by atoms with Crippen molar-refractivity contribution in [1.29, 1.82) is 0 Å². The van der Waals surface area contributed by atoms with Gasteiger partial charge in [-0.1, -0.05) is 0 Å². The third-order valence-corrected chi connectivity index (χ3v) is 1.77. The van der Waals surface area contributed by atoms with Gasteiger partial charge in [-0.3, -0.25) is 4.79 Å². The molecule has 0 rings (SSSR count). The molecule has 0 aliphatic rings. The zero-order valence-corrected chi connectivity index (χ0v) is 8.29. The number of rotatable bonds is 5. The van der Waals surface area contributed by atoms with E-state index < -0.39 is 0 Å². The number of amides is 1. The van der Waals surface area contributed by atoms with Crippen molar-refractivity contribution in [3.63, 3.8) is 0 Å². The molecule has 1 amide bonds. The molecular formula is C10H17NO2. The van der Waals surface area contributed by atoms with Crippen LogP contribution < -0.4 is 0 Å². The van der Waals surface area contributed by atoms with Crippen LogP contribution in [0.15, 0.2) is 0 Å². The van der Waals surface area contributed by atoms with Gasteiger partial charge in [0.15, 0.2) is 0 Å². The Labute approximate surface area is 79.7 Å². The van der Waals surface area contributed by atoms with E-state index in [-0.39, 0.29) is 18.6 Å². The monoisotopic (exact) mass is 183 g/mol. The summed E-state index contributed by atoms with van der Waals surface area (Å²) in [5.74, 6) is 2.44. The maximum Gasteiger partial charge on any atom is 0.223 e. The standard InChI is InChI=1S/C10H17NO2/c1-4-5-6-10(13)11(7-8-12)9(2)3/h1,9,12H,5-8H2,2-3H3. The Morgan fingerprint density at radius 2 is 2.23 bits per heavy atom. The first-order chi connectivity index (χ1) is 6.13. The lowest BCUT2D eigenvalue weighted by Crippen LogP contribution is -2.38. The second kappa shape index (κ2) is 6.50. The summed E-state index contributed by atoms with van der Waals surface area (Å²) in [5.41, 5.74) is 0. The van der Waals surface area contributed by atoms with Crippen molar-refractivity contribution in [1.82, 2.24) is 4.90 Å². The van der Waals surface area contributed by atoms with Crippen molar-refractivity contribution in [2.75, 3.05) is 13.2 Å². The van der Waals surface area contributed by atoms with E-state index in [0.29, 0.717) is 19.4 Å². The van der Waals surface area contributed by atoms with E-state index in [2.05, 4.69) is 5.92 Å². The molecule has 0 fully saturated rings. The van der Waals surface area contributed by atoms with Gasteiger partial charge in [0.1, 0.15) is 0 Å². The fourth-order valence-corrected chi connectivity index (χ4v) is 1.10. The van der Waals surface area contributed by atoms with Crippen LogP contribution >= 0.6 is 0 Å². The smallest absolute Gasteiger partial charge is 0.223 e. The molecule has 0 saturated heterocycles. The molecule has 13 heavy (non-hydrogen) atoms. The minimum Gasteiger partial charge on any atom is -0.395 e. The third-order valence-electron chi connectivity index (χ3n) is 1.77. The van der Waals surface area contributed by atoms with E-state index in [9.17, 15) is 4.79 Å². The molecule has 3 nitrogen and oxygen atoms in total. The fraction of sp³-hybridized carbons (Fsp3) is 0.700. The van der Waals surface area contributed by atoms with Crippen molar-refractivity contribution in [3.8, 4) is 12.3 Å². The van der Waals surface area contributed by atoms with Gasteiger partial charge < -0.3 is 10.0 Å². The molecular weight excluding hydrogens is 166 g/mol. The Kier molecular flexibility index (Phi) is 5.99. The zero-order valence-electron chi connectivity index (χ0n) is 8.29. The van der Waals surface area contributed by atoms with Crippen molar-refractivity contribution in [2.45, 2.75) is 32.7 Å². The highest BCUT2D eigenvalue weighted by Gasteiger charge is 2.14. The van der Waals surface area contributed by atoms with Gasteiger partial charge in [0, 0.05) is 25.4 Å². The topological polar surface area (TPSA) is 40.5 Å². The summed E-state index contributed by atoms with van der Waals surface area (Å²) in [7, 11) is 0. The van der Waals surface area contributed by atoms with Gasteiger partial charge >= 0.3 is 0 Å². The maximum atomic E-state index is 11.5. The SMILES string of the molecule is C#CCCC(=O)N(CCO)C(C)C. The summed E-state index contributed by atoms with van der Waals surface area (Å²) in [4.78, 5) is 13.1. The van der Waals surface area contributed by atoms with E-state index >= 15 is 0 Å². The summed E-state index contributed by atoms with van der Waals surface area (Å²) in [6, 6.07) is 0.123. The first-order valence-electron chi connectivity index (χ1n) is 4.47. The van der Waals surface area contributed by atoms with E-state index in [4.69, 9.17) is 11.5 Å². The average Bonchev–Trinajstić information content (AvgIpc) is 2.09.